The summed E-state index contributed by atoms with van der Waals surface area (Å²) in [7, 11) is -3.51. The number of hydrogen-bond acceptors (Lipinski definition) is 5. The zero-order valence-electron chi connectivity index (χ0n) is 12.7. The van der Waals surface area contributed by atoms with E-state index in [2.05, 4.69) is 14.9 Å². The number of rotatable bonds is 6. The molecule has 1 aromatic carbocycles. The molecule has 1 N–H and O–H groups in total. The molecule has 1 heterocycles. The number of nitrogens with zero attached hydrogens (tertiary/aromatic N) is 4. The molecule has 1 aliphatic rings. The highest BCUT2D eigenvalue weighted by Gasteiger charge is 2.28. The van der Waals surface area contributed by atoms with Gasteiger partial charge in [0.1, 0.15) is 11.6 Å². The second-order valence-electron chi connectivity index (χ2n) is 5.66. The quantitative estimate of drug-likeness (QED) is 0.862. The van der Waals surface area contributed by atoms with Crippen LogP contribution in [0.15, 0.2) is 24.3 Å². The SMILES string of the molecule is Cc1nnc(CNS(=O)(=O)Cc2cccc(C#N)c2)n1C1CC1. The van der Waals surface area contributed by atoms with E-state index in [-0.39, 0.29) is 12.3 Å². The van der Waals surface area contributed by atoms with Crippen molar-refractivity contribution < 1.29 is 8.42 Å². The van der Waals surface area contributed by atoms with Gasteiger partial charge in [-0.3, -0.25) is 0 Å². The molecule has 120 valence electrons. The van der Waals surface area contributed by atoms with Crippen LogP contribution in [0.25, 0.3) is 0 Å². The Labute approximate surface area is 135 Å². The first-order valence-electron chi connectivity index (χ1n) is 7.35. The summed E-state index contributed by atoms with van der Waals surface area (Å²) in [4.78, 5) is 0. The van der Waals surface area contributed by atoms with E-state index in [9.17, 15) is 8.42 Å². The summed E-state index contributed by atoms with van der Waals surface area (Å²) in [6.45, 7) is 1.99. The lowest BCUT2D eigenvalue weighted by Gasteiger charge is -2.09. The van der Waals surface area contributed by atoms with Crippen LogP contribution in [0.3, 0.4) is 0 Å². The van der Waals surface area contributed by atoms with Crippen LogP contribution < -0.4 is 4.72 Å². The normalized spacial score (nSPS) is 14.6. The molecule has 2 aromatic rings. The fourth-order valence-corrected chi connectivity index (χ4v) is 3.59. The molecule has 23 heavy (non-hydrogen) atoms. The lowest BCUT2D eigenvalue weighted by molar-refractivity contribution is 0.572. The van der Waals surface area contributed by atoms with Crippen molar-refractivity contribution in [1.29, 1.82) is 5.26 Å². The third kappa shape index (κ3) is 3.75. The summed E-state index contributed by atoms with van der Waals surface area (Å²) < 4.78 is 29.0. The molecule has 0 saturated heterocycles. The fourth-order valence-electron chi connectivity index (χ4n) is 2.52. The van der Waals surface area contributed by atoms with Crippen LogP contribution in [-0.2, 0) is 22.3 Å². The number of aryl methyl sites for hydroxylation is 1. The van der Waals surface area contributed by atoms with Gasteiger partial charge >= 0.3 is 0 Å². The average molecular weight is 331 g/mol. The Balaban J connectivity index is 1.68. The van der Waals surface area contributed by atoms with Crippen LogP contribution in [0.2, 0.25) is 0 Å². The van der Waals surface area contributed by atoms with Gasteiger partial charge in [0.25, 0.3) is 0 Å². The second kappa shape index (κ2) is 6.10. The molecule has 1 saturated carbocycles. The first kappa shape index (κ1) is 15.6. The van der Waals surface area contributed by atoms with Crippen molar-refractivity contribution in [3.63, 3.8) is 0 Å². The van der Waals surface area contributed by atoms with Gasteiger partial charge in [-0.2, -0.15) is 5.26 Å². The van der Waals surface area contributed by atoms with Crippen LogP contribution in [-0.4, -0.2) is 23.2 Å². The minimum absolute atomic E-state index is 0.123. The standard InChI is InChI=1S/C15H17N5O2S/c1-11-18-19-15(20(11)14-5-6-14)9-17-23(21,22)10-13-4-2-3-12(7-13)8-16/h2-4,7,14,17H,5-6,9-10H2,1H3. The van der Waals surface area contributed by atoms with E-state index in [1.165, 1.54) is 0 Å². The van der Waals surface area contributed by atoms with Crippen LogP contribution in [0, 0.1) is 18.3 Å². The molecule has 1 fully saturated rings. The third-order valence-corrected chi connectivity index (χ3v) is 5.01. The number of hydrogen-bond donors (Lipinski definition) is 1. The largest absolute Gasteiger partial charge is 0.311 e. The second-order valence-corrected chi connectivity index (χ2v) is 7.46. The van der Waals surface area contributed by atoms with E-state index in [1.807, 2.05) is 17.6 Å². The zero-order valence-corrected chi connectivity index (χ0v) is 13.5. The summed E-state index contributed by atoms with van der Waals surface area (Å²) in [5, 5.41) is 17.0. The lowest BCUT2D eigenvalue weighted by atomic mass is 10.2. The van der Waals surface area contributed by atoms with Gasteiger partial charge < -0.3 is 4.57 Å². The minimum Gasteiger partial charge on any atom is -0.311 e. The van der Waals surface area contributed by atoms with E-state index in [0.717, 1.165) is 18.7 Å². The average Bonchev–Trinajstić information content (AvgIpc) is 3.28. The molecule has 1 aliphatic carbocycles. The molecular formula is C15H17N5O2S. The van der Waals surface area contributed by atoms with Crippen molar-refractivity contribution in [1.82, 2.24) is 19.5 Å². The number of aromatic nitrogens is 3. The lowest BCUT2D eigenvalue weighted by Crippen LogP contribution is -2.26. The zero-order chi connectivity index (χ0) is 16.4. The van der Waals surface area contributed by atoms with Crippen molar-refractivity contribution in [3.8, 4) is 6.07 Å². The predicted octanol–water partition coefficient (Wildman–Crippen LogP) is 1.41. The first-order chi connectivity index (χ1) is 11.0. The van der Waals surface area contributed by atoms with Crippen molar-refractivity contribution in [3.05, 3.63) is 47.0 Å². The van der Waals surface area contributed by atoms with Crippen molar-refractivity contribution in [2.75, 3.05) is 0 Å². The minimum atomic E-state index is -3.51. The Hall–Kier alpha value is -2.24. The summed E-state index contributed by atoms with van der Waals surface area (Å²) in [5.41, 5.74) is 1.03. The van der Waals surface area contributed by atoms with Crippen LogP contribution in [0.1, 0.15) is 41.7 Å². The molecule has 0 aliphatic heterocycles. The van der Waals surface area contributed by atoms with Crippen LogP contribution in [0.4, 0.5) is 0 Å². The number of nitrogens with one attached hydrogen (secondary N) is 1. The highest BCUT2D eigenvalue weighted by Crippen LogP contribution is 2.36. The summed E-state index contributed by atoms with van der Waals surface area (Å²) in [6, 6.07) is 8.99. The predicted molar refractivity (Wildman–Crippen MR) is 83.7 cm³/mol. The molecule has 0 spiro atoms. The number of benzene rings is 1. The molecule has 8 heteroatoms. The Morgan fingerprint density at radius 2 is 2.17 bits per heavy atom. The van der Waals surface area contributed by atoms with Gasteiger partial charge in [0.15, 0.2) is 0 Å². The first-order valence-corrected chi connectivity index (χ1v) is 9.00. The summed E-state index contributed by atoms with van der Waals surface area (Å²) >= 11 is 0. The monoisotopic (exact) mass is 331 g/mol. The van der Waals surface area contributed by atoms with Gasteiger partial charge in [0.05, 0.1) is 23.9 Å². The highest BCUT2D eigenvalue weighted by atomic mass is 32.2. The van der Waals surface area contributed by atoms with Gasteiger partial charge in [0.2, 0.25) is 10.0 Å². The number of sulfonamides is 1. The molecule has 0 atom stereocenters. The molecular weight excluding hydrogens is 314 g/mol. The molecule has 0 amide bonds. The van der Waals surface area contributed by atoms with E-state index in [0.29, 0.717) is 23.0 Å². The van der Waals surface area contributed by atoms with Crippen molar-refractivity contribution in [2.24, 2.45) is 0 Å². The van der Waals surface area contributed by atoms with Crippen LogP contribution >= 0.6 is 0 Å². The van der Waals surface area contributed by atoms with Gasteiger partial charge in [-0.25, -0.2) is 13.1 Å². The molecule has 7 nitrogen and oxygen atoms in total. The van der Waals surface area contributed by atoms with Crippen LogP contribution in [0.5, 0.6) is 0 Å². The van der Waals surface area contributed by atoms with E-state index in [1.54, 1.807) is 24.3 Å². The maximum atomic E-state index is 12.2. The van der Waals surface area contributed by atoms with E-state index in [4.69, 9.17) is 5.26 Å². The maximum Gasteiger partial charge on any atom is 0.216 e. The highest BCUT2D eigenvalue weighted by molar-refractivity contribution is 7.88. The van der Waals surface area contributed by atoms with Crippen molar-refractivity contribution in [2.45, 2.75) is 38.1 Å². The van der Waals surface area contributed by atoms with E-state index >= 15 is 0 Å². The van der Waals surface area contributed by atoms with Gasteiger partial charge in [-0.05, 0) is 37.5 Å². The topological polar surface area (TPSA) is 101 Å². The Morgan fingerprint density at radius 3 is 2.87 bits per heavy atom. The summed E-state index contributed by atoms with van der Waals surface area (Å²) in [6.07, 6.45) is 2.17. The number of nitriles is 1. The summed E-state index contributed by atoms with van der Waals surface area (Å²) in [5.74, 6) is 1.28. The van der Waals surface area contributed by atoms with Gasteiger partial charge in [-0.15, -0.1) is 10.2 Å². The molecule has 0 bridgehead atoms. The fraction of sp³-hybridized carbons (Fsp3) is 0.400. The Bertz CT molecular complexity index is 862. The third-order valence-electron chi connectivity index (χ3n) is 3.71. The molecule has 1 aromatic heterocycles. The van der Waals surface area contributed by atoms with Crippen molar-refractivity contribution >= 4 is 10.0 Å². The Morgan fingerprint density at radius 1 is 1.39 bits per heavy atom. The van der Waals surface area contributed by atoms with E-state index < -0.39 is 10.0 Å². The molecule has 3 rings (SSSR count). The van der Waals surface area contributed by atoms with Gasteiger partial charge in [0, 0.05) is 6.04 Å². The Kier molecular flexibility index (Phi) is 4.15. The molecule has 0 radical (unpaired) electrons. The van der Waals surface area contributed by atoms with Gasteiger partial charge in [-0.1, -0.05) is 12.1 Å². The smallest absolute Gasteiger partial charge is 0.216 e. The maximum absolute atomic E-state index is 12.2. The molecule has 0 unspecified atom stereocenters.